The van der Waals surface area contributed by atoms with Crippen molar-refractivity contribution in [1.82, 2.24) is 0 Å². The number of methoxy groups -OCH3 is 1. The fourth-order valence-electron chi connectivity index (χ4n) is 1.97. The lowest BCUT2D eigenvalue weighted by atomic mass is 10.2. The highest BCUT2D eigenvalue weighted by atomic mass is 32.2. The van der Waals surface area contributed by atoms with E-state index in [1.807, 2.05) is 18.2 Å². The molecule has 0 radical (unpaired) electrons. The van der Waals surface area contributed by atoms with Gasteiger partial charge in [0.15, 0.2) is 0 Å². The number of rotatable bonds is 7. The number of carbonyl (C=O) groups is 2. The molecule has 0 fully saturated rings. The number of ether oxygens (including phenoxy) is 1. The number of anilines is 1. The van der Waals surface area contributed by atoms with E-state index in [2.05, 4.69) is 22.2 Å². The third kappa shape index (κ3) is 5.79. The number of hydrogen-bond acceptors (Lipinski definition) is 4. The summed E-state index contributed by atoms with van der Waals surface area (Å²) in [5, 5.41) is 2.82. The maximum atomic E-state index is 11.9. The predicted molar refractivity (Wildman–Crippen MR) is 92.8 cm³/mol. The Balaban J connectivity index is 1.71. The summed E-state index contributed by atoms with van der Waals surface area (Å²) < 4.78 is 4.63. The van der Waals surface area contributed by atoms with Gasteiger partial charge in [0.1, 0.15) is 0 Å². The first-order valence-electron chi connectivity index (χ1n) is 7.35. The maximum Gasteiger partial charge on any atom is 0.337 e. The largest absolute Gasteiger partial charge is 0.465 e. The summed E-state index contributed by atoms with van der Waals surface area (Å²) in [5.74, 6) is 0.490. The van der Waals surface area contributed by atoms with Crippen LogP contribution in [-0.4, -0.2) is 24.7 Å². The van der Waals surface area contributed by atoms with Gasteiger partial charge in [-0.3, -0.25) is 4.79 Å². The van der Waals surface area contributed by atoms with E-state index < -0.39 is 0 Å². The minimum Gasteiger partial charge on any atom is -0.465 e. The second kappa shape index (κ2) is 9.00. The first-order chi connectivity index (χ1) is 11.2. The third-order valence-corrected chi connectivity index (χ3v) is 4.25. The molecule has 0 aliphatic heterocycles. The molecule has 0 heterocycles. The fraction of sp³-hybridized carbons (Fsp3) is 0.222. The second-order valence-electron chi connectivity index (χ2n) is 4.88. The molecule has 1 N–H and O–H groups in total. The number of thioether (sulfide) groups is 1. The zero-order chi connectivity index (χ0) is 16.5. The van der Waals surface area contributed by atoms with Crippen LogP contribution in [0.15, 0.2) is 59.5 Å². The summed E-state index contributed by atoms with van der Waals surface area (Å²) in [6, 6.07) is 16.8. The van der Waals surface area contributed by atoms with Gasteiger partial charge in [0.2, 0.25) is 5.91 Å². The van der Waals surface area contributed by atoms with Crippen LogP contribution in [-0.2, 0) is 9.53 Å². The summed E-state index contributed by atoms with van der Waals surface area (Å²) >= 11 is 1.74. The molecule has 2 aromatic rings. The fourth-order valence-corrected chi connectivity index (χ4v) is 2.84. The number of esters is 1. The smallest absolute Gasteiger partial charge is 0.337 e. The molecule has 0 atom stereocenters. The summed E-state index contributed by atoms with van der Waals surface area (Å²) in [6.45, 7) is 0. The van der Waals surface area contributed by atoms with E-state index in [-0.39, 0.29) is 11.9 Å². The number of nitrogens with one attached hydrogen (secondary N) is 1. The monoisotopic (exact) mass is 329 g/mol. The molecule has 120 valence electrons. The van der Waals surface area contributed by atoms with Crippen molar-refractivity contribution in [3.8, 4) is 0 Å². The molecule has 0 spiro atoms. The lowest BCUT2D eigenvalue weighted by molar-refractivity contribution is -0.116. The van der Waals surface area contributed by atoms with E-state index in [9.17, 15) is 9.59 Å². The minimum atomic E-state index is -0.388. The average Bonchev–Trinajstić information content (AvgIpc) is 2.59. The standard InChI is InChI=1S/C18H19NO3S/c1-22-18(21)14-9-11-15(12-10-14)19-17(20)8-5-13-23-16-6-3-2-4-7-16/h2-4,6-7,9-12H,5,8,13H2,1H3,(H,19,20). The van der Waals surface area contributed by atoms with Crippen LogP contribution in [0.5, 0.6) is 0 Å². The number of amides is 1. The highest BCUT2D eigenvalue weighted by molar-refractivity contribution is 7.99. The zero-order valence-electron chi connectivity index (χ0n) is 13.0. The molecule has 0 unspecified atom stereocenters. The van der Waals surface area contributed by atoms with Crippen molar-refractivity contribution in [3.63, 3.8) is 0 Å². The van der Waals surface area contributed by atoms with Crippen molar-refractivity contribution in [3.05, 3.63) is 60.2 Å². The molecule has 2 aromatic carbocycles. The predicted octanol–water partition coefficient (Wildman–Crippen LogP) is 3.98. The number of carbonyl (C=O) groups excluding carboxylic acids is 2. The van der Waals surface area contributed by atoms with Crippen LogP contribution in [0, 0.1) is 0 Å². The Kier molecular flexibility index (Phi) is 6.69. The molecule has 0 bridgehead atoms. The summed E-state index contributed by atoms with van der Waals surface area (Å²) in [4.78, 5) is 24.4. The van der Waals surface area contributed by atoms with Gasteiger partial charge < -0.3 is 10.1 Å². The van der Waals surface area contributed by atoms with Gasteiger partial charge in [-0.05, 0) is 48.6 Å². The van der Waals surface area contributed by atoms with Crippen molar-refractivity contribution in [1.29, 1.82) is 0 Å². The van der Waals surface area contributed by atoms with E-state index in [0.29, 0.717) is 17.7 Å². The molecule has 4 nitrogen and oxygen atoms in total. The van der Waals surface area contributed by atoms with E-state index in [1.54, 1.807) is 36.0 Å². The van der Waals surface area contributed by atoms with E-state index >= 15 is 0 Å². The molecule has 0 aliphatic carbocycles. The quantitative estimate of drug-likeness (QED) is 0.474. The number of benzene rings is 2. The normalized spacial score (nSPS) is 10.1. The van der Waals surface area contributed by atoms with Gasteiger partial charge in [-0.25, -0.2) is 4.79 Å². The molecule has 1 amide bonds. The van der Waals surface area contributed by atoms with Crippen LogP contribution in [0.2, 0.25) is 0 Å². The van der Waals surface area contributed by atoms with E-state index in [4.69, 9.17) is 0 Å². The van der Waals surface area contributed by atoms with Crippen molar-refractivity contribution in [2.45, 2.75) is 17.7 Å². The van der Waals surface area contributed by atoms with Gasteiger partial charge in [0.25, 0.3) is 0 Å². The Hall–Kier alpha value is -2.27. The van der Waals surface area contributed by atoms with Gasteiger partial charge in [-0.2, -0.15) is 0 Å². The molecule has 0 aromatic heterocycles. The summed E-state index contributed by atoms with van der Waals surface area (Å²) in [6.07, 6.45) is 1.28. The average molecular weight is 329 g/mol. The van der Waals surface area contributed by atoms with Gasteiger partial charge in [0, 0.05) is 17.0 Å². The molecule has 23 heavy (non-hydrogen) atoms. The SMILES string of the molecule is COC(=O)c1ccc(NC(=O)CCCSc2ccccc2)cc1. The Morgan fingerprint density at radius 1 is 1.04 bits per heavy atom. The minimum absolute atomic E-state index is 0.0236. The third-order valence-electron chi connectivity index (χ3n) is 3.15. The molecule has 5 heteroatoms. The van der Waals surface area contributed by atoms with Gasteiger partial charge in [-0.1, -0.05) is 18.2 Å². The topological polar surface area (TPSA) is 55.4 Å². The number of hydrogen-bond donors (Lipinski definition) is 1. The van der Waals surface area contributed by atoms with Gasteiger partial charge in [0.05, 0.1) is 12.7 Å². The van der Waals surface area contributed by atoms with Crippen molar-refractivity contribution in [2.75, 3.05) is 18.2 Å². The lowest BCUT2D eigenvalue weighted by Crippen LogP contribution is -2.11. The molecular formula is C18H19NO3S. The highest BCUT2D eigenvalue weighted by Crippen LogP contribution is 2.18. The Bertz CT molecular complexity index is 641. The molecule has 0 aliphatic rings. The second-order valence-corrected chi connectivity index (χ2v) is 6.05. The first kappa shape index (κ1) is 17.1. The Morgan fingerprint density at radius 2 is 1.74 bits per heavy atom. The van der Waals surface area contributed by atoms with Crippen LogP contribution in [0.4, 0.5) is 5.69 Å². The van der Waals surface area contributed by atoms with Crippen molar-refractivity contribution in [2.24, 2.45) is 0 Å². The summed E-state index contributed by atoms with van der Waals surface area (Å²) in [7, 11) is 1.34. The van der Waals surface area contributed by atoms with Crippen LogP contribution >= 0.6 is 11.8 Å². The molecule has 0 saturated carbocycles. The van der Waals surface area contributed by atoms with Crippen molar-refractivity contribution < 1.29 is 14.3 Å². The Labute approximate surface area is 140 Å². The maximum absolute atomic E-state index is 11.9. The molecular weight excluding hydrogens is 310 g/mol. The highest BCUT2D eigenvalue weighted by Gasteiger charge is 2.06. The van der Waals surface area contributed by atoms with Crippen LogP contribution in [0.1, 0.15) is 23.2 Å². The zero-order valence-corrected chi connectivity index (χ0v) is 13.8. The van der Waals surface area contributed by atoms with Gasteiger partial charge >= 0.3 is 5.97 Å². The van der Waals surface area contributed by atoms with E-state index in [1.165, 1.54) is 12.0 Å². The van der Waals surface area contributed by atoms with E-state index in [0.717, 1.165) is 12.2 Å². The lowest BCUT2D eigenvalue weighted by Gasteiger charge is -2.06. The summed E-state index contributed by atoms with van der Waals surface area (Å²) in [5.41, 5.74) is 1.14. The van der Waals surface area contributed by atoms with Crippen LogP contribution in [0.3, 0.4) is 0 Å². The molecule has 0 saturated heterocycles. The van der Waals surface area contributed by atoms with Crippen LogP contribution in [0.25, 0.3) is 0 Å². The van der Waals surface area contributed by atoms with Crippen LogP contribution < -0.4 is 5.32 Å². The van der Waals surface area contributed by atoms with Crippen molar-refractivity contribution >= 4 is 29.3 Å². The Morgan fingerprint density at radius 3 is 2.39 bits per heavy atom. The molecule has 2 rings (SSSR count). The first-order valence-corrected chi connectivity index (χ1v) is 8.33. The van der Waals surface area contributed by atoms with Gasteiger partial charge in [-0.15, -0.1) is 11.8 Å².